The molecule has 0 saturated carbocycles. The summed E-state index contributed by atoms with van der Waals surface area (Å²) in [6.07, 6.45) is -4.82. The van der Waals surface area contributed by atoms with Gasteiger partial charge in [-0.2, -0.15) is 0 Å². The third-order valence-electron chi connectivity index (χ3n) is 2.20. The Labute approximate surface area is 92.9 Å². The predicted octanol–water partition coefficient (Wildman–Crippen LogP) is 1.36. The number of ether oxygens (including phenoxy) is 1. The number of hydrogen-bond donors (Lipinski definition) is 0. The van der Waals surface area contributed by atoms with E-state index >= 15 is 0 Å². The largest absolute Gasteiger partial charge is 0.573 e. The van der Waals surface area contributed by atoms with Crippen molar-refractivity contribution in [3.8, 4) is 5.75 Å². The number of carbonyl (C=O) groups excluding carboxylic acids is 2. The number of carbonyl (C=O) groups is 1. The monoisotopic (exact) mass is 245 g/mol. The Morgan fingerprint density at radius 2 is 2.00 bits per heavy atom. The fourth-order valence-corrected chi connectivity index (χ4v) is 1.49. The molecule has 0 fully saturated rings. The van der Waals surface area contributed by atoms with E-state index < -0.39 is 23.8 Å². The van der Waals surface area contributed by atoms with Gasteiger partial charge in [-0.25, -0.2) is 4.79 Å². The molecule has 1 aromatic rings. The Hall–Kier alpha value is -2.18. The first-order valence-corrected chi connectivity index (χ1v) is 4.40. The van der Waals surface area contributed by atoms with Crippen molar-refractivity contribution in [1.29, 1.82) is 0 Å². The van der Waals surface area contributed by atoms with E-state index in [2.05, 4.69) is 11.5 Å². The van der Waals surface area contributed by atoms with Gasteiger partial charge >= 0.3 is 18.1 Å². The fourth-order valence-electron chi connectivity index (χ4n) is 1.49. The number of alkyl halides is 3. The molecule has 0 radical (unpaired) electrons. The van der Waals surface area contributed by atoms with E-state index in [0.29, 0.717) is 0 Å². The molecule has 0 spiro atoms. The maximum absolute atomic E-state index is 12.0. The van der Waals surface area contributed by atoms with Gasteiger partial charge in [-0.3, -0.25) is 4.79 Å². The molecule has 1 aliphatic heterocycles. The van der Waals surface area contributed by atoms with E-state index in [-0.39, 0.29) is 11.3 Å². The van der Waals surface area contributed by atoms with E-state index in [9.17, 15) is 22.8 Å². The molecule has 1 amide bonds. The molecule has 0 unspecified atom stereocenters. The summed E-state index contributed by atoms with van der Waals surface area (Å²) in [7, 11) is 0. The third kappa shape index (κ3) is 1.91. The van der Waals surface area contributed by atoms with Crippen molar-refractivity contribution in [3.63, 3.8) is 0 Å². The SMILES string of the molecule is C=[N+]1C(=O)C(=[OH+])c2cc(OC(F)(F)F)ccc21. The van der Waals surface area contributed by atoms with Gasteiger partial charge in [-0.1, -0.05) is 0 Å². The minimum Gasteiger partial charge on any atom is -0.406 e. The highest BCUT2D eigenvalue weighted by Crippen LogP contribution is 2.31. The lowest BCUT2D eigenvalue weighted by Crippen LogP contribution is -2.17. The number of benzene rings is 1. The lowest BCUT2D eigenvalue weighted by Gasteiger charge is -2.07. The molecule has 7 heteroatoms. The molecule has 2 rings (SSSR count). The first kappa shape index (κ1) is 11.3. The molecular formula is C10H6F3NO3+2. The van der Waals surface area contributed by atoms with Crippen LogP contribution in [-0.4, -0.2) is 34.1 Å². The van der Waals surface area contributed by atoms with Crippen LogP contribution in [0.3, 0.4) is 0 Å². The van der Waals surface area contributed by atoms with Gasteiger partial charge in [0.05, 0.1) is 0 Å². The Morgan fingerprint density at radius 1 is 1.35 bits per heavy atom. The number of rotatable bonds is 1. The Kier molecular flexibility index (Phi) is 2.27. The molecule has 1 aliphatic rings. The summed E-state index contributed by atoms with van der Waals surface area (Å²) in [5, 5.41) is 0. The van der Waals surface area contributed by atoms with Gasteiger partial charge in [0.2, 0.25) is 5.69 Å². The molecule has 1 heterocycles. The van der Waals surface area contributed by atoms with Crippen molar-refractivity contribution in [3.05, 3.63) is 23.8 Å². The van der Waals surface area contributed by atoms with Gasteiger partial charge in [0, 0.05) is 12.1 Å². The highest BCUT2D eigenvalue weighted by molar-refractivity contribution is 6.44. The zero-order valence-electron chi connectivity index (χ0n) is 8.28. The lowest BCUT2D eigenvalue weighted by atomic mass is 10.1. The summed E-state index contributed by atoms with van der Waals surface area (Å²) in [6, 6.07) is 3.18. The molecule has 0 atom stereocenters. The first-order valence-electron chi connectivity index (χ1n) is 4.40. The second-order valence-corrected chi connectivity index (χ2v) is 3.31. The van der Waals surface area contributed by atoms with Crippen molar-refractivity contribution in [2.45, 2.75) is 6.36 Å². The van der Waals surface area contributed by atoms with Crippen LogP contribution in [0.1, 0.15) is 5.56 Å². The second-order valence-electron chi connectivity index (χ2n) is 3.31. The van der Waals surface area contributed by atoms with Gasteiger partial charge < -0.3 is 4.74 Å². The van der Waals surface area contributed by atoms with Crippen LogP contribution in [0.2, 0.25) is 0 Å². The Bertz CT molecular complexity index is 548. The molecule has 0 saturated heterocycles. The van der Waals surface area contributed by atoms with Gasteiger partial charge in [0.1, 0.15) is 12.5 Å². The van der Waals surface area contributed by atoms with Gasteiger partial charge in [0.15, 0.2) is 5.56 Å². The quantitative estimate of drug-likeness (QED) is 0.426. The van der Waals surface area contributed by atoms with E-state index in [1.807, 2.05) is 0 Å². The smallest absolute Gasteiger partial charge is 0.406 e. The van der Waals surface area contributed by atoms with Crippen LogP contribution in [0.25, 0.3) is 0 Å². The number of hydrogen-bond acceptors (Lipinski definition) is 2. The average Bonchev–Trinajstić information content (AvgIpc) is 2.42. The molecule has 88 valence electrons. The van der Waals surface area contributed by atoms with Crippen molar-refractivity contribution in [2.24, 2.45) is 0 Å². The minimum atomic E-state index is -4.82. The second kappa shape index (κ2) is 3.41. The van der Waals surface area contributed by atoms with E-state index in [4.69, 9.17) is 0 Å². The van der Waals surface area contributed by atoms with Crippen LogP contribution in [0.5, 0.6) is 5.75 Å². The van der Waals surface area contributed by atoms with Crippen LogP contribution >= 0.6 is 0 Å². The van der Waals surface area contributed by atoms with E-state index in [0.717, 1.165) is 16.7 Å². The van der Waals surface area contributed by atoms with Crippen LogP contribution in [0.15, 0.2) is 18.2 Å². The predicted molar refractivity (Wildman–Crippen MR) is 51.2 cm³/mol. The zero-order chi connectivity index (χ0) is 12.8. The van der Waals surface area contributed by atoms with E-state index in [1.54, 1.807) is 0 Å². The minimum absolute atomic E-state index is 0.0354. The molecule has 1 N–H and O–H groups in total. The van der Waals surface area contributed by atoms with Crippen LogP contribution in [0, 0.1) is 0 Å². The first-order chi connectivity index (χ1) is 7.79. The van der Waals surface area contributed by atoms with Crippen molar-refractivity contribution in [1.82, 2.24) is 0 Å². The third-order valence-corrected chi connectivity index (χ3v) is 2.20. The number of nitrogens with zero attached hydrogens (tertiary/aromatic N) is 1. The molecule has 4 nitrogen and oxygen atoms in total. The van der Waals surface area contributed by atoms with Crippen molar-refractivity contribution >= 4 is 24.1 Å². The summed E-state index contributed by atoms with van der Waals surface area (Å²) < 4.78 is 40.4. The summed E-state index contributed by atoms with van der Waals surface area (Å²) >= 11 is 0. The number of fused-ring (bicyclic) bond motifs is 1. The summed E-state index contributed by atoms with van der Waals surface area (Å²) in [5.41, 5.74) is 0.189. The maximum Gasteiger partial charge on any atom is 0.573 e. The van der Waals surface area contributed by atoms with Crippen molar-refractivity contribution < 1.29 is 32.1 Å². The average molecular weight is 245 g/mol. The Morgan fingerprint density at radius 3 is 2.59 bits per heavy atom. The van der Waals surface area contributed by atoms with Crippen LogP contribution < -0.4 is 4.74 Å². The molecule has 0 aromatic heterocycles. The number of ketones is 1. The molecule has 0 aliphatic carbocycles. The van der Waals surface area contributed by atoms with E-state index in [1.165, 1.54) is 6.07 Å². The molecule has 1 aromatic carbocycles. The number of halogens is 3. The van der Waals surface area contributed by atoms with Gasteiger partial charge in [-0.05, 0) is 6.07 Å². The lowest BCUT2D eigenvalue weighted by molar-refractivity contribution is -0.345. The number of amides is 1. The molecule has 17 heavy (non-hydrogen) atoms. The fraction of sp³-hybridized carbons (Fsp3) is 0.100. The van der Waals surface area contributed by atoms with Crippen molar-refractivity contribution in [2.75, 3.05) is 0 Å². The van der Waals surface area contributed by atoms with Crippen LogP contribution in [0.4, 0.5) is 18.9 Å². The maximum atomic E-state index is 12.0. The summed E-state index contributed by atoms with van der Waals surface area (Å²) in [5.74, 6) is -1.93. The summed E-state index contributed by atoms with van der Waals surface area (Å²) in [6.45, 7) is 3.35. The highest BCUT2D eigenvalue weighted by atomic mass is 19.4. The van der Waals surface area contributed by atoms with Gasteiger partial charge in [-0.15, -0.1) is 17.7 Å². The topological polar surface area (TPSA) is 50.7 Å². The highest BCUT2D eigenvalue weighted by Gasteiger charge is 2.47. The molecular weight excluding hydrogens is 239 g/mol. The Balaban J connectivity index is 2.44. The normalized spacial score (nSPS) is 15.1. The standard InChI is InChI=1S/C10H5F3NO3/c1-14-7-3-2-5(17-10(11,12)13)4-6(7)8(15)9(14)16/h2-4H,1H2/q+1/p+1. The van der Waals surface area contributed by atoms with Gasteiger partial charge in [0.25, 0.3) is 0 Å². The molecule has 0 bridgehead atoms. The zero-order valence-corrected chi connectivity index (χ0v) is 8.28. The van der Waals surface area contributed by atoms with Crippen LogP contribution in [-0.2, 0) is 4.79 Å². The summed E-state index contributed by atoms with van der Waals surface area (Å²) in [4.78, 5) is 20.7.